The molecule has 0 radical (unpaired) electrons. The molecule has 5 nitrogen and oxygen atoms in total. The average Bonchev–Trinajstić information content (AvgIpc) is 2.87. The van der Waals surface area contributed by atoms with E-state index >= 15 is 0 Å². The third kappa shape index (κ3) is 1.99. The van der Waals surface area contributed by atoms with E-state index in [2.05, 4.69) is 16.0 Å². The van der Waals surface area contributed by atoms with Crippen molar-refractivity contribution in [3.05, 3.63) is 12.4 Å². The number of aromatic nitrogens is 2. The smallest absolute Gasteiger partial charge is 0.241 e. The summed E-state index contributed by atoms with van der Waals surface area (Å²) in [6, 6.07) is 0. The largest absolute Gasteiger partial charge is 0.295 e. The molecule has 70 valence electrons. The van der Waals surface area contributed by atoms with Crippen molar-refractivity contribution < 1.29 is 4.79 Å². The van der Waals surface area contributed by atoms with Crippen LogP contribution in [0.2, 0.25) is 0 Å². The molecule has 0 bridgehead atoms. The number of nitrogens with one attached hydrogen (secondary N) is 2. The van der Waals surface area contributed by atoms with Crippen LogP contribution in [0.5, 0.6) is 0 Å². The fraction of sp³-hybridized carbons (Fsp3) is 0.500. The van der Waals surface area contributed by atoms with Gasteiger partial charge in [0, 0.05) is 19.2 Å². The predicted molar refractivity (Wildman–Crippen MR) is 47.7 cm³/mol. The number of carbonyl (C=O) groups excluding carboxylic acids is 1. The second-order valence-electron chi connectivity index (χ2n) is 3.29. The number of carbonyl (C=O) groups is 1. The van der Waals surface area contributed by atoms with E-state index in [0.717, 1.165) is 18.5 Å². The molecular weight excluding hydrogens is 168 g/mol. The highest BCUT2D eigenvalue weighted by Crippen LogP contribution is 2.28. The molecule has 1 aliphatic carbocycles. The Kier molecular flexibility index (Phi) is 1.92. The van der Waals surface area contributed by atoms with E-state index in [1.54, 1.807) is 17.1 Å². The number of nitrogens with zero attached hydrogens (tertiary/aromatic N) is 2. The molecule has 1 heterocycles. The normalized spacial score (nSPS) is 15.5. The summed E-state index contributed by atoms with van der Waals surface area (Å²) in [6.07, 6.45) is 5.49. The lowest BCUT2D eigenvalue weighted by molar-refractivity contribution is -0.121. The summed E-state index contributed by atoms with van der Waals surface area (Å²) in [5.41, 5.74) is 6.24. The first-order chi connectivity index (χ1) is 6.25. The van der Waals surface area contributed by atoms with Crippen molar-refractivity contribution in [3.8, 4) is 0 Å². The minimum absolute atomic E-state index is 0.0730. The number of rotatable bonds is 3. The quantitative estimate of drug-likeness (QED) is 0.656. The fourth-order valence-electron chi connectivity index (χ4n) is 1.07. The zero-order valence-corrected chi connectivity index (χ0v) is 7.45. The molecule has 2 rings (SSSR count). The lowest BCUT2D eigenvalue weighted by atomic mass is 10.4. The Labute approximate surface area is 76.1 Å². The van der Waals surface area contributed by atoms with E-state index in [4.69, 9.17) is 0 Å². The van der Waals surface area contributed by atoms with Gasteiger partial charge in [0.25, 0.3) is 0 Å². The van der Waals surface area contributed by atoms with Gasteiger partial charge in [-0.15, -0.1) is 0 Å². The van der Waals surface area contributed by atoms with Crippen LogP contribution in [-0.2, 0) is 11.8 Å². The summed E-state index contributed by atoms with van der Waals surface area (Å²) in [7, 11) is 1.83. The van der Waals surface area contributed by atoms with Crippen molar-refractivity contribution in [3.63, 3.8) is 0 Å². The van der Waals surface area contributed by atoms with Crippen LogP contribution in [0.25, 0.3) is 0 Å². The van der Waals surface area contributed by atoms with E-state index in [-0.39, 0.29) is 11.8 Å². The summed E-state index contributed by atoms with van der Waals surface area (Å²) in [5, 5.41) is 3.96. The minimum atomic E-state index is 0.0730. The van der Waals surface area contributed by atoms with Crippen molar-refractivity contribution in [1.29, 1.82) is 0 Å². The average molecular weight is 180 g/mol. The van der Waals surface area contributed by atoms with E-state index in [9.17, 15) is 4.79 Å². The maximum Gasteiger partial charge on any atom is 0.241 e. The number of hydrazine groups is 1. The number of hydrogen-bond donors (Lipinski definition) is 2. The Morgan fingerprint density at radius 3 is 3.00 bits per heavy atom. The van der Waals surface area contributed by atoms with Gasteiger partial charge in [-0.1, -0.05) is 0 Å². The molecule has 0 spiro atoms. The molecule has 0 aliphatic heterocycles. The van der Waals surface area contributed by atoms with E-state index in [0.29, 0.717) is 0 Å². The Morgan fingerprint density at radius 1 is 1.69 bits per heavy atom. The number of anilines is 1. The molecule has 0 aromatic carbocycles. The molecule has 0 unspecified atom stereocenters. The molecule has 1 aliphatic rings. The zero-order valence-electron chi connectivity index (χ0n) is 7.45. The highest BCUT2D eigenvalue weighted by atomic mass is 16.2. The van der Waals surface area contributed by atoms with Gasteiger partial charge in [-0.25, -0.2) is 0 Å². The van der Waals surface area contributed by atoms with Gasteiger partial charge in [0.15, 0.2) is 0 Å². The molecule has 1 saturated carbocycles. The van der Waals surface area contributed by atoms with Crippen molar-refractivity contribution >= 4 is 11.6 Å². The molecule has 1 amide bonds. The van der Waals surface area contributed by atoms with E-state index in [1.165, 1.54) is 0 Å². The molecule has 13 heavy (non-hydrogen) atoms. The molecule has 0 saturated heterocycles. The Hall–Kier alpha value is -1.52. The number of amides is 1. The van der Waals surface area contributed by atoms with Gasteiger partial charge in [0.1, 0.15) is 0 Å². The number of hydrogen-bond acceptors (Lipinski definition) is 3. The monoisotopic (exact) mass is 180 g/mol. The summed E-state index contributed by atoms with van der Waals surface area (Å²) < 4.78 is 1.67. The topological polar surface area (TPSA) is 59.0 Å². The SMILES string of the molecule is Cn1cc(NNC(=O)C2CC2)cn1. The molecule has 1 aromatic heterocycles. The highest BCUT2D eigenvalue weighted by molar-refractivity contribution is 5.81. The van der Waals surface area contributed by atoms with Crippen LogP contribution in [0.1, 0.15) is 12.8 Å². The van der Waals surface area contributed by atoms with Gasteiger partial charge in [-0.3, -0.25) is 20.3 Å². The van der Waals surface area contributed by atoms with Gasteiger partial charge in [-0.2, -0.15) is 5.10 Å². The van der Waals surface area contributed by atoms with Gasteiger partial charge < -0.3 is 0 Å². The third-order valence-corrected chi connectivity index (χ3v) is 1.98. The summed E-state index contributed by atoms with van der Waals surface area (Å²) in [6.45, 7) is 0. The molecule has 0 atom stereocenters. The first-order valence-corrected chi connectivity index (χ1v) is 4.30. The van der Waals surface area contributed by atoms with Crippen LogP contribution in [0.4, 0.5) is 5.69 Å². The molecular formula is C8H12N4O. The Balaban J connectivity index is 1.81. The molecule has 2 N–H and O–H groups in total. The van der Waals surface area contributed by atoms with Crippen molar-refractivity contribution in [2.24, 2.45) is 13.0 Å². The minimum Gasteiger partial charge on any atom is -0.295 e. The zero-order chi connectivity index (χ0) is 9.26. The first kappa shape index (κ1) is 8.10. The van der Waals surface area contributed by atoms with E-state index in [1.807, 2.05) is 7.05 Å². The molecule has 5 heteroatoms. The van der Waals surface area contributed by atoms with Gasteiger partial charge in [-0.05, 0) is 12.8 Å². The van der Waals surface area contributed by atoms with Crippen LogP contribution >= 0.6 is 0 Å². The highest BCUT2D eigenvalue weighted by Gasteiger charge is 2.29. The van der Waals surface area contributed by atoms with Gasteiger partial charge in [0.2, 0.25) is 5.91 Å². The maximum absolute atomic E-state index is 11.2. The lowest BCUT2D eigenvalue weighted by Crippen LogP contribution is -2.30. The molecule has 1 fully saturated rings. The number of aryl methyl sites for hydroxylation is 1. The van der Waals surface area contributed by atoms with Crippen LogP contribution in [0.3, 0.4) is 0 Å². The van der Waals surface area contributed by atoms with Crippen molar-refractivity contribution in [2.45, 2.75) is 12.8 Å². The van der Waals surface area contributed by atoms with Crippen LogP contribution < -0.4 is 10.9 Å². The standard InChI is InChI=1S/C8H12N4O/c1-12-5-7(4-9-12)10-11-8(13)6-2-3-6/h4-6,10H,2-3H2,1H3,(H,11,13). The maximum atomic E-state index is 11.2. The summed E-state index contributed by atoms with van der Waals surface area (Å²) >= 11 is 0. The van der Waals surface area contributed by atoms with Crippen LogP contribution in [-0.4, -0.2) is 15.7 Å². The van der Waals surface area contributed by atoms with Crippen molar-refractivity contribution in [2.75, 3.05) is 5.43 Å². The summed E-state index contributed by atoms with van der Waals surface area (Å²) in [4.78, 5) is 11.2. The fourth-order valence-corrected chi connectivity index (χ4v) is 1.07. The molecule has 1 aromatic rings. The van der Waals surface area contributed by atoms with E-state index < -0.39 is 0 Å². The predicted octanol–water partition coefficient (Wildman–Crippen LogP) is 0.273. The van der Waals surface area contributed by atoms with Crippen LogP contribution in [0.15, 0.2) is 12.4 Å². The Morgan fingerprint density at radius 2 is 2.46 bits per heavy atom. The first-order valence-electron chi connectivity index (χ1n) is 4.30. The second-order valence-corrected chi connectivity index (χ2v) is 3.29. The second kappa shape index (κ2) is 3.08. The lowest BCUT2D eigenvalue weighted by Gasteiger charge is -2.03. The van der Waals surface area contributed by atoms with Crippen molar-refractivity contribution in [1.82, 2.24) is 15.2 Å². The third-order valence-electron chi connectivity index (χ3n) is 1.98. The Bertz CT molecular complexity index is 316. The van der Waals surface area contributed by atoms with Gasteiger partial charge >= 0.3 is 0 Å². The van der Waals surface area contributed by atoms with Crippen LogP contribution in [0, 0.1) is 5.92 Å². The summed E-state index contributed by atoms with van der Waals surface area (Å²) in [5.74, 6) is 0.299. The van der Waals surface area contributed by atoms with Gasteiger partial charge in [0.05, 0.1) is 11.9 Å².